The molecule has 0 aromatic carbocycles. The van der Waals surface area contributed by atoms with E-state index in [-0.39, 0.29) is 11.8 Å². The fourth-order valence-electron chi connectivity index (χ4n) is 2.78. The summed E-state index contributed by atoms with van der Waals surface area (Å²) < 4.78 is 1.88. The molecule has 0 fully saturated rings. The van der Waals surface area contributed by atoms with Gasteiger partial charge in [0.25, 0.3) is 5.91 Å². The molecule has 5 heteroatoms. The molecule has 1 N–H and O–H groups in total. The summed E-state index contributed by atoms with van der Waals surface area (Å²) in [5.74, 6) is 0.166. The standard InChI is InChI=1S/C18H26N4O/c1-11(2)17-16(8-7-12(3)20-17)18(23)19-10-9-15-13(4)21-22(6)14(15)5/h7-8,11H,9-10H2,1-6H3,(H,19,23). The van der Waals surface area contributed by atoms with Crippen molar-refractivity contribution in [1.82, 2.24) is 20.1 Å². The van der Waals surface area contributed by atoms with Crippen LogP contribution in [0.4, 0.5) is 0 Å². The van der Waals surface area contributed by atoms with E-state index in [4.69, 9.17) is 0 Å². The molecule has 1 amide bonds. The topological polar surface area (TPSA) is 59.8 Å². The molecule has 0 atom stereocenters. The number of aromatic nitrogens is 3. The molecule has 0 aliphatic heterocycles. The summed E-state index contributed by atoms with van der Waals surface area (Å²) in [7, 11) is 1.94. The molecule has 0 aliphatic rings. The lowest BCUT2D eigenvalue weighted by molar-refractivity contribution is 0.0952. The monoisotopic (exact) mass is 314 g/mol. The third kappa shape index (κ3) is 3.78. The van der Waals surface area contributed by atoms with Gasteiger partial charge in [-0.3, -0.25) is 14.5 Å². The Morgan fingerprint density at radius 1 is 1.26 bits per heavy atom. The Kier molecular flexibility index (Phi) is 5.19. The van der Waals surface area contributed by atoms with Crippen molar-refractivity contribution in [2.75, 3.05) is 6.54 Å². The Morgan fingerprint density at radius 2 is 1.96 bits per heavy atom. The van der Waals surface area contributed by atoms with E-state index < -0.39 is 0 Å². The van der Waals surface area contributed by atoms with Crippen molar-refractivity contribution in [3.63, 3.8) is 0 Å². The first-order valence-electron chi connectivity index (χ1n) is 8.06. The van der Waals surface area contributed by atoms with Crippen LogP contribution >= 0.6 is 0 Å². The average Bonchev–Trinajstić information content (AvgIpc) is 2.73. The lowest BCUT2D eigenvalue weighted by Crippen LogP contribution is -2.27. The van der Waals surface area contributed by atoms with Crippen LogP contribution in [0.5, 0.6) is 0 Å². The number of carbonyl (C=O) groups is 1. The molecule has 0 saturated carbocycles. The number of pyridine rings is 1. The molecule has 5 nitrogen and oxygen atoms in total. The fourth-order valence-corrected chi connectivity index (χ4v) is 2.78. The molecule has 2 aromatic rings. The van der Waals surface area contributed by atoms with Gasteiger partial charge in [0.1, 0.15) is 0 Å². The number of hydrogen-bond acceptors (Lipinski definition) is 3. The first-order valence-corrected chi connectivity index (χ1v) is 8.06. The molecule has 0 spiro atoms. The summed E-state index contributed by atoms with van der Waals surface area (Å²) in [6.07, 6.45) is 0.785. The van der Waals surface area contributed by atoms with Gasteiger partial charge in [-0.25, -0.2) is 0 Å². The summed E-state index contributed by atoms with van der Waals surface area (Å²) in [6.45, 7) is 10.7. The third-order valence-corrected chi connectivity index (χ3v) is 4.17. The van der Waals surface area contributed by atoms with Gasteiger partial charge in [0, 0.05) is 25.0 Å². The number of aryl methyl sites for hydroxylation is 3. The second-order valence-corrected chi connectivity index (χ2v) is 6.32. The third-order valence-electron chi connectivity index (χ3n) is 4.17. The van der Waals surface area contributed by atoms with Crippen LogP contribution in [0.25, 0.3) is 0 Å². The largest absolute Gasteiger partial charge is 0.352 e. The minimum absolute atomic E-state index is 0.0552. The quantitative estimate of drug-likeness (QED) is 0.923. The number of amides is 1. The van der Waals surface area contributed by atoms with Gasteiger partial charge in [-0.05, 0) is 50.8 Å². The van der Waals surface area contributed by atoms with Crippen LogP contribution < -0.4 is 5.32 Å². The van der Waals surface area contributed by atoms with Crippen LogP contribution in [0.2, 0.25) is 0 Å². The predicted molar refractivity (Wildman–Crippen MR) is 91.8 cm³/mol. The van der Waals surface area contributed by atoms with E-state index in [0.29, 0.717) is 12.1 Å². The lowest BCUT2D eigenvalue weighted by atomic mass is 10.0. The molecule has 0 bridgehead atoms. The number of hydrogen-bond donors (Lipinski definition) is 1. The van der Waals surface area contributed by atoms with E-state index in [2.05, 4.69) is 36.2 Å². The zero-order valence-electron chi connectivity index (χ0n) is 14.9. The van der Waals surface area contributed by atoms with Gasteiger partial charge in [0.15, 0.2) is 0 Å². The molecule has 124 valence electrons. The van der Waals surface area contributed by atoms with E-state index >= 15 is 0 Å². The minimum atomic E-state index is -0.0552. The highest BCUT2D eigenvalue weighted by atomic mass is 16.1. The summed E-state index contributed by atoms with van der Waals surface area (Å²) in [5, 5.41) is 7.42. The average molecular weight is 314 g/mol. The minimum Gasteiger partial charge on any atom is -0.352 e. The van der Waals surface area contributed by atoms with Gasteiger partial charge < -0.3 is 5.32 Å². The van der Waals surface area contributed by atoms with E-state index in [1.54, 1.807) is 0 Å². The highest BCUT2D eigenvalue weighted by Crippen LogP contribution is 2.18. The highest BCUT2D eigenvalue weighted by Gasteiger charge is 2.16. The first kappa shape index (κ1) is 17.2. The normalized spacial score (nSPS) is 11.1. The van der Waals surface area contributed by atoms with Crippen molar-refractivity contribution in [2.45, 2.75) is 47.0 Å². The van der Waals surface area contributed by atoms with Crippen LogP contribution in [0.1, 0.15) is 58.5 Å². The van der Waals surface area contributed by atoms with Gasteiger partial charge in [-0.15, -0.1) is 0 Å². The van der Waals surface area contributed by atoms with Crippen LogP contribution in [0.3, 0.4) is 0 Å². The van der Waals surface area contributed by atoms with E-state index in [0.717, 1.165) is 29.2 Å². The lowest BCUT2D eigenvalue weighted by Gasteiger charge is -2.13. The van der Waals surface area contributed by atoms with E-state index in [1.165, 1.54) is 5.56 Å². The zero-order valence-corrected chi connectivity index (χ0v) is 14.9. The molecule has 23 heavy (non-hydrogen) atoms. The molecule has 0 unspecified atom stereocenters. The molecule has 0 aliphatic carbocycles. The number of nitrogens with zero attached hydrogens (tertiary/aromatic N) is 3. The first-order chi connectivity index (χ1) is 10.8. The SMILES string of the molecule is Cc1ccc(C(=O)NCCc2c(C)nn(C)c2C)c(C(C)C)n1. The van der Waals surface area contributed by atoms with Crippen molar-refractivity contribution in [3.05, 3.63) is 46.0 Å². The van der Waals surface area contributed by atoms with Gasteiger partial charge in [0.2, 0.25) is 0 Å². The molecule has 0 saturated heterocycles. The highest BCUT2D eigenvalue weighted by molar-refractivity contribution is 5.95. The van der Waals surface area contributed by atoms with E-state index in [1.807, 2.05) is 37.7 Å². The van der Waals surface area contributed by atoms with Gasteiger partial charge >= 0.3 is 0 Å². The molecule has 2 heterocycles. The Hall–Kier alpha value is -2.17. The summed E-state index contributed by atoms with van der Waals surface area (Å²) >= 11 is 0. The predicted octanol–water partition coefficient (Wildman–Crippen LogP) is 2.84. The molecular weight excluding hydrogens is 288 g/mol. The Balaban J connectivity index is 2.06. The molecule has 2 aromatic heterocycles. The maximum Gasteiger partial charge on any atom is 0.253 e. The van der Waals surface area contributed by atoms with E-state index in [9.17, 15) is 4.79 Å². The van der Waals surface area contributed by atoms with Crippen molar-refractivity contribution >= 4 is 5.91 Å². The van der Waals surface area contributed by atoms with Gasteiger partial charge in [-0.2, -0.15) is 5.10 Å². The van der Waals surface area contributed by atoms with Crippen LogP contribution in [-0.2, 0) is 13.5 Å². The van der Waals surface area contributed by atoms with Crippen LogP contribution in [0.15, 0.2) is 12.1 Å². The second-order valence-electron chi connectivity index (χ2n) is 6.32. The van der Waals surface area contributed by atoms with Crippen molar-refractivity contribution < 1.29 is 4.79 Å². The smallest absolute Gasteiger partial charge is 0.253 e. The second kappa shape index (κ2) is 6.94. The maximum absolute atomic E-state index is 12.5. The number of nitrogens with one attached hydrogen (secondary N) is 1. The number of carbonyl (C=O) groups excluding carboxylic acids is 1. The summed E-state index contributed by atoms with van der Waals surface area (Å²) in [5.41, 5.74) is 5.85. The fraction of sp³-hybridized carbons (Fsp3) is 0.500. The van der Waals surface area contributed by atoms with Crippen LogP contribution in [0, 0.1) is 20.8 Å². The summed E-state index contributed by atoms with van der Waals surface area (Å²) in [4.78, 5) is 17.0. The Morgan fingerprint density at radius 3 is 2.52 bits per heavy atom. The van der Waals surface area contributed by atoms with Crippen LogP contribution in [-0.4, -0.2) is 27.2 Å². The van der Waals surface area contributed by atoms with Crippen molar-refractivity contribution in [3.8, 4) is 0 Å². The Labute approximate surface area is 138 Å². The molecule has 0 radical (unpaired) electrons. The zero-order chi connectivity index (χ0) is 17.1. The Bertz CT molecular complexity index is 716. The van der Waals surface area contributed by atoms with Crippen molar-refractivity contribution in [2.24, 2.45) is 7.05 Å². The summed E-state index contributed by atoms with van der Waals surface area (Å²) in [6, 6.07) is 3.75. The molecule has 2 rings (SSSR count). The number of rotatable bonds is 5. The van der Waals surface area contributed by atoms with Gasteiger partial charge in [0.05, 0.1) is 17.0 Å². The molecular formula is C18H26N4O. The maximum atomic E-state index is 12.5. The van der Waals surface area contributed by atoms with Crippen molar-refractivity contribution in [1.29, 1.82) is 0 Å². The van der Waals surface area contributed by atoms with Gasteiger partial charge in [-0.1, -0.05) is 13.8 Å².